The molecule has 16 heavy (non-hydrogen) atoms. The third kappa shape index (κ3) is 3.02. The van der Waals surface area contributed by atoms with E-state index in [0.717, 1.165) is 5.56 Å². The summed E-state index contributed by atoms with van der Waals surface area (Å²) in [6, 6.07) is 4.36. The fourth-order valence-corrected chi connectivity index (χ4v) is 1.46. The normalized spacial score (nSPS) is 12.8. The number of aliphatic carboxylic acids is 1. The second-order valence-electron chi connectivity index (χ2n) is 3.93. The molecule has 1 aromatic carbocycles. The van der Waals surface area contributed by atoms with Crippen LogP contribution in [0.1, 0.15) is 30.0 Å². The zero-order valence-corrected chi connectivity index (χ0v) is 9.21. The molecule has 1 rings (SSSR count). The van der Waals surface area contributed by atoms with E-state index in [1.807, 2.05) is 0 Å². The molecule has 0 aliphatic rings. The van der Waals surface area contributed by atoms with Gasteiger partial charge in [0.25, 0.3) is 6.43 Å². The first-order valence-electron chi connectivity index (χ1n) is 5.02. The molecule has 0 amide bonds. The van der Waals surface area contributed by atoms with E-state index in [1.165, 1.54) is 12.1 Å². The van der Waals surface area contributed by atoms with Gasteiger partial charge in [0.2, 0.25) is 0 Å². The van der Waals surface area contributed by atoms with E-state index in [0.29, 0.717) is 5.56 Å². The van der Waals surface area contributed by atoms with Crippen molar-refractivity contribution in [1.29, 1.82) is 0 Å². The van der Waals surface area contributed by atoms with Gasteiger partial charge in [-0.1, -0.05) is 19.1 Å². The van der Waals surface area contributed by atoms with Crippen LogP contribution in [0.5, 0.6) is 0 Å². The smallest absolute Gasteiger partial charge is 0.306 e. The lowest BCUT2D eigenvalue weighted by Crippen LogP contribution is -2.13. The van der Waals surface area contributed by atoms with E-state index in [-0.39, 0.29) is 12.0 Å². The molecule has 0 spiro atoms. The van der Waals surface area contributed by atoms with Gasteiger partial charge in [-0.3, -0.25) is 4.79 Å². The monoisotopic (exact) mass is 228 g/mol. The molecule has 1 atom stereocenters. The zero-order chi connectivity index (χ0) is 12.3. The molecular weight excluding hydrogens is 214 g/mol. The quantitative estimate of drug-likeness (QED) is 0.859. The standard InChI is InChI=1S/C12H14F2O2/c1-7-3-4-9(11(13)14)6-10(7)5-8(2)12(15)16/h3-4,6,8,11H,5H2,1-2H3,(H,15,16). The number of benzene rings is 1. The van der Waals surface area contributed by atoms with Gasteiger partial charge in [-0.25, -0.2) is 8.78 Å². The van der Waals surface area contributed by atoms with E-state index in [2.05, 4.69) is 0 Å². The highest BCUT2D eigenvalue weighted by Gasteiger charge is 2.15. The van der Waals surface area contributed by atoms with Gasteiger partial charge in [0.1, 0.15) is 0 Å². The van der Waals surface area contributed by atoms with Crippen molar-refractivity contribution in [2.75, 3.05) is 0 Å². The molecule has 0 aromatic heterocycles. The minimum absolute atomic E-state index is 0.0572. The van der Waals surface area contributed by atoms with Crippen molar-refractivity contribution in [1.82, 2.24) is 0 Å². The van der Waals surface area contributed by atoms with Gasteiger partial charge >= 0.3 is 5.97 Å². The van der Waals surface area contributed by atoms with Crippen LogP contribution >= 0.6 is 0 Å². The highest BCUT2D eigenvalue weighted by Crippen LogP contribution is 2.23. The summed E-state index contributed by atoms with van der Waals surface area (Å²) in [5.74, 6) is -1.48. The summed E-state index contributed by atoms with van der Waals surface area (Å²) in [5.41, 5.74) is 1.46. The Hall–Kier alpha value is -1.45. The second kappa shape index (κ2) is 5.05. The Morgan fingerprint density at radius 3 is 2.56 bits per heavy atom. The lowest BCUT2D eigenvalue weighted by molar-refractivity contribution is -0.141. The van der Waals surface area contributed by atoms with Crippen LogP contribution in [0.2, 0.25) is 0 Å². The number of hydrogen-bond acceptors (Lipinski definition) is 1. The summed E-state index contributed by atoms with van der Waals surface area (Å²) < 4.78 is 24.9. The topological polar surface area (TPSA) is 37.3 Å². The minimum Gasteiger partial charge on any atom is -0.481 e. The van der Waals surface area contributed by atoms with Crippen LogP contribution in [0, 0.1) is 12.8 Å². The van der Waals surface area contributed by atoms with Gasteiger partial charge < -0.3 is 5.11 Å². The molecule has 0 radical (unpaired) electrons. The summed E-state index contributed by atoms with van der Waals surface area (Å²) in [7, 11) is 0. The van der Waals surface area contributed by atoms with E-state index < -0.39 is 18.3 Å². The van der Waals surface area contributed by atoms with Crippen molar-refractivity contribution in [3.8, 4) is 0 Å². The molecule has 1 N–H and O–H groups in total. The van der Waals surface area contributed by atoms with Crippen molar-refractivity contribution in [2.24, 2.45) is 5.92 Å². The molecule has 88 valence electrons. The maximum Gasteiger partial charge on any atom is 0.306 e. The van der Waals surface area contributed by atoms with Crippen LogP contribution in [-0.4, -0.2) is 11.1 Å². The minimum atomic E-state index is -2.51. The van der Waals surface area contributed by atoms with Gasteiger partial charge in [-0.05, 0) is 30.5 Å². The first-order valence-corrected chi connectivity index (χ1v) is 5.02. The third-order valence-electron chi connectivity index (χ3n) is 2.57. The molecule has 1 unspecified atom stereocenters. The third-order valence-corrected chi connectivity index (χ3v) is 2.57. The van der Waals surface area contributed by atoms with E-state index in [4.69, 9.17) is 5.11 Å². The first kappa shape index (κ1) is 12.6. The summed E-state index contributed by atoms with van der Waals surface area (Å²) in [4.78, 5) is 10.7. The summed E-state index contributed by atoms with van der Waals surface area (Å²) in [6.45, 7) is 3.36. The van der Waals surface area contributed by atoms with Gasteiger partial charge in [0, 0.05) is 5.56 Å². The van der Waals surface area contributed by atoms with Crippen LogP contribution in [-0.2, 0) is 11.2 Å². The van der Waals surface area contributed by atoms with Crippen LogP contribution in [0.25, 0.3) is 0 Å². The molecule has 2 nitrogen and oxygen atoms in total. The highest BCUT2D eigenvalue weighted by molar-refractivity contribution is 5.70. The Morgan fingerprint density at radius 1 is 1.44 bits per heavy atom. The molecule has 0 aliphatic heterocycles. The van der Waals surface area contributed by atoms with Gasteiger partial charge in [0.05, 0.1) is 5.92 Å². The van der Waals surface area contributed by atoms with Crippen molar-refractivity contribution in [3.05, 3.63) is 34.9 Å². The number of carboxylic acids is 1. The number of alkyl halides is 2. The Labute approximate surface area is 92.9 Å². The fraction of sp³-hybridized carbons (Fsp3) is 0.417. The Bertz CT molecular complexity index is 389. The summed E-state index contributed by atoms with van der Waals surface area (Å²) in [5, 5.41) is 8.76. The van der Waals surface area contributed by atoms with E-state index in [9.17, 15) is 13.6 Å². The molecule has 0 saturated carbocycles. The van der Waals surface area contributed by atoms with Crippen LogP contribution in [0.3, 0.4) is 0 Å². The van der Waals surface area contributed by atoms with Gasteiger partial charge in [0.15, 0.2) is 0 Å². The number of carbonyl (C=O) groups is 1. The van der Waals surface area contributed by atoms with Crippen LogP contribution in [0.4, 0.5) is 8.78 Å². The number of halogens is 2. The van der Waals surface area contributed by atoms with Crippen molar-refractivity contribution in [3.63, 3.8) is 0 Å². The predicted octanol–water partition coefficient (Wildman–Crippen LogP) is 3.20. The average Bonchev–Trinajstić information content (AvgIpc) is 2.20. The summed E-state index contributed by atoms with van der Waals surface area (Å²) in [6.07, 6.45) is -2.23. The predicted molar refractivity (Wildman–Crippen MR) is 56.6 cm³/mol. The van der Waals surface area contributed by atoms with Crippen molar-refractivity contribution >= 4 is 5.97 Å². The molecule has 0 aliphatic carbocycles. The molecule has 0 fully saturated rings. The van der Waals surface area contributed by atoms with Gasteiger partial charge in [-0.15, -0.1) is 0 Å². The number of rotatable bonds is 4. The number of aryl methyl sites for hydroxylation is 1. The summed E-state index contributed by atoms with van der Waals surface area (Å²) >= 11 is 0. The number of hydrogen-bond donors (Lipinski definition) is 1. The molecule has 0 saturated heterocycles. The molecular formula is C12H14F2O2. The first-order chi connectivity index (χ1) is 7.41. The van der Waals surface area contributed by atoms with E-state index in [1.54, 1.807) is 19.9 Å². The van der Waals surface area contributed by atoms with E-state index >= 15 is 0 Å². The lowest BCUT2D eigenvalue weighted by Gasteiger charge is -2.11. The maximum absolute atomic E-state index is 12.5. The highest BCUT2D eigenvalue weighted by atomic mass is 19.3. The Morgan fingerprint density at radius 2 is 2.06 bits per heavy atom. The van der Waals surface area contributed by atoms with Crippen LogP contribution < -0.4 is 0 Å². The molecule has 1 aromatic rings. The zero-order valence-electron chi connectivity index (χ0n) is 9.21. The SMILES string of the molecule is Cc1ccc(C(F)F)cc1CC(C)C(=O)O. The van der Waals surface area contributed by atoms with Crippen LogP contribution in [0.15, 0.2) is 18.2 Å². The number of carboxylic acid groups (broad SMARTS) is 1. The Balaban J connectivity index is 2.94. The second-order valence-corrected chi connectivity index (χ2v) is 3.93. The largest absolute Gasteiger partial charge is 0.481 e. The van der Waals surface area contributed by atoms with Crippen molar-refractivity contribution in [2.45, 2.75) is 26.7 Å². The maximum atomic E-state index is 12.5. The lowest BCUT2D eigenvalue weighted by atomic mass is 9.96. The molecule has 4 heteroatoms. The van der Waals surface area contributed by atoms with Gasteiger partial charge in [-0.2, -0.15) is 0 Å². The Kier molecular flexibility index (Phi) is 3.99. The molecule has 0 bridgehead atoms. The van der Waals surface area contributed by atoms with Crippen molar-refractivity contribution < 1.29 is 18.7 Å². The fourth-order valence-electron chi connectivity index (χ4n) is 1.46. The molecule has 0 heterocycles. The average molecular weight is 228 g/mol.